The van der Waals surface area contributed by atoms with Gasteiger partial charge >= 0.3 is 0 Å². The van der Waals surface area contributed by atoms with E-state index in [1.807, 2.05) is 0 Å². The Morgan fingerprint density at radius 3 is 1.50 bits per heavy atom. The van der Waals surface area contributed by atoms with E-state index in [2.05, 4.69) is 32.6 Å². The number of unbranched alkanes of at least 4 members (excludes halogenated alkanes) is 13. The standard InChI is InChI=1S/C26H50O2/c1-4-7-10-11-12-13-14-15-16-17-18-19-21-25(20-8-5-2)22-24-26(27,28)23-9-6-3/h25,27-28H,4-21,23H2,1-3H3. The Bertz CT molecular complexity index is 378. The summed E-state index contributed by atoms with van der Waals surface area (Å²) in [5.41, 5.74) is 0. The van der Waals surface area contributed by atoms with E-state index in [1.165, 1.54) is 89.9 Å². The summed E-state index contributed by atoms with van der Waals surface area (Å²) in [7, 11) is 0. The molecule has 0 saturated carbocycles. The van der Waals surface area contributed by atoms with Crippen LogP contribution in [0.5, 0.6) is 0 Å². The predicted molar refractivity (Wildman–Crippen MR) is 123 cm³/mol. The van der Waals surface area contributed by atoms with Gasteiger partial charge in [-0.3, -0.25) is 0 Å². The molecule has 0 radical (unpaired) electrons. The molecule has 1 atom stereocenters. The molecule has 0 fully saturated rings. The molecule has 0 spiro atoms. The van der Waals surface area contributed by atoms with Crippen molar-refractivity contribution in [3.05, 3.63) is 0 Å². The molecule has 0 bridgehead atoms. The zero-order valence-electron chi connectivity index (χ0n) is 19.4. The highest BCUT2D eigenvalue weighted by Gasteiger charge is 2.18. The van der Waals surface area contributed by atoms with E-state index in [4.69, 9.17) is 0 Å². The zero-order chi connectivity index (χ0) is 20.9. The average molecular weight is 395 g/mol. The normalized spacial score (nSPS) is 12.6. The van der Waals surface area contributed by atoms with Crippen LogP contribution in [-0.4, -0.2) is 16.0 Å². The van der Waals surface area contributed by atoms with E-state index in [0.717, 1.165) is 25.7 Å². The van der Waals surface area contributed by atoms with E-state index < -0.39 is 5.79 Å². The number of aliphatic hydroxyl groups is 2. The summed E-state index contributed by atoms with van der Waals surface area (Å²) in [6, 6.07) is 0. The topological polar surface area (TPSA) is 40.5 Å². The van der Waals surface area contributed by atoms with Crippen LogP contribution in [-0.2, 0) is 0 Å². The molecule has 1 unspecified atom stereocenters. The lowest BCUT2D eigenvalue weighted by molar-refractivity contribution is -0.115. The molecule has 0 aromatic heterocycles. The lowest BCUT2D eigenvalue weighted by Crippen LogP contribution is -2.25. The van der Waals surface area contributed by atoms with Crippen LogP contribution in [0.25, 0.3) is 0 Å². The maximum atomic E-state index is 9.97. The quantitative estimate of drug-likeness (QED) is 0.133. The van der Waals surface area contributed by atoms with Crippen LogP contribution in [0.3, 0.4) is 0 Å². The fraction of sp³-hybridized carbons (Fsp3) is 0.923. The average Bonchev–Trinajstić information content (AvgIpc) is 2.68. The van der Waals surface area contributed by atoms with E-state index in [-0.39, 0.29) is 0 Å². The van der Waals surface area contributed by atoms with Gasteiger partial charge < -0.3 is 10.2 Å². The molecule has 0 aliphatic carbocycles. The SMILES string of the molecule is CCCCCCCCCCCCCCC(C#CC(O)(O)CCCC)CCCC. The molecular weight excluding hydrogens is 344 g/mol. The first-order valence-electron chi connectivity index (χ1n) is 12.5. The minimum atomic E-state index is -1.79. The first-order chi connectivity index (χ1) is 13.6. The Morgan fingerprint density at radius 1 is 0.571 bits per heavy atom. The molecule has 166 valence electrons. The second-order valence-corrected chi connectivity index (χ2v) is 8.71. The van der Waals surface area contributed by atoms with Gasteiger partial charge in [-0.05, 0) is 25.2 Å². The lowest BCUT2D eigenvalue weighted by Gasteiger charge is -2.15. The molecule has 2 heteroatoms. The molecule has 28 heavy (non-hydrogen) atoms. The second kappa shape index (κ2) is 19.8. The molecule has 0 aromatic rings. The van der Waals surface area contributed by atoms with Gasteiger partial charge in [0.05, 0.1) is 0 Å². The molecule has 2 nitrogen and oxygen atoms in total. The van der Waals surface area contributed by atoms with Gasteiger partial charge in [-0.2, -0.15) is 0 Å². The van der Waals surface area contributed by atoms with Crippen molar-refractivity contribution in [3.63, 3.8) is 0 Å². The first kappa shape index (κ1) is 27.5. The lowest BCUT2D eigenvalue weighted by atomic mass is 9.94. The predicted octanol–water partition coefficient (Wildman–Crippen LogP) is 7.76. The zero-order valence-corrected chi connectivity index (χ0v) is 19.4. The highest BCUT2D eigenvalue weighted by atomic mass is 16.5. The smallest absolute Gasteiger partial charge is 0.228 e. The van der Waals surface area contributed by atoms with Gasteiger partial charge in [0.2, 0.25) is 5.79 Å². The van der Waals surface area contributed by atoms with Crippen LogP contribution in [0.2, 0.25) is 0 Å². The van der Waals surface area contributed by atoms with Gasteiger partial charge in [0, 0.05) is 12.3 Å². The van der Waals surface area contributed by atoms with Crippen LogP contribution in [0, 0.1) is 17.8 Å². The molecule has 0 aliphatic heterocycles. The molecule has 0 heterocycles. The summed E-state index contributed by atoms with van der Waals surface area (Å²) in [5, 5.41) is 19.9. The summed E-state index contributed by atoms with van der Waals surface area (Å²) in [5.74, 6) is 4.48. The van der Waals surface area contributed by atoms with Crippen LogP contribution in [0.1, 0.15) is 143 Å². The summed E-state index contributed by atoms with van der Waals surface area (Å²) in [6.07, 6.45) is 23.1. The Kier molecular flexibility index (Phi) is 19.4. The minimum Gasteiger partial charge on any atom is -0.356 e. The summed E-state index contributed by atoms with van der Waals surface area (Å²) in [4.78, 5) is 0. The van der Waals surface area contributed by atoms with E-state index in [9.17, 15) is 10.2 Å². The number of hydrogen-bond donors (Lipinski definition) is 2. The molecule has 0 saturated heterocycles. The van der Waals surface area contributed by atoms with Crippen molar-refractivity contribution < 1.29 is 10.2 Å². The van der Waals surface area contributed by atoms with Crippen molar-refractivity contribution >= 4 is 0 Å². The Morgan fingerprint density at radius 2 is 1.00 bits per heavy atom. The number of rotatable bonds is 19. The first-order valence-corrected chi connectivity index (χ1v) is 12.5. The largest absolute Gasteiger partial charge is 0.356 e. The maximum Gasteiger partial charge on any atom is 0.228 e. The molecular formula is C26H50O2. The van der Waals surface area contributed by atoms with Crippen molar-refractivity contribution in [2.45, 2.75) is 149 Å². The van der Waals surface area contributed by atoms with Crippen LogP contribution in [0.4, 0.5) is 0 Å². The Balaban J connectivity index is 3.87. The van der Waals surface area contributed by atoms with Crippen LogP contribution < -0.4 is 0 Å². The third-order valence-corrected chi connectivity index (χ3v) is 5.67. The van der Waals surface area contributed by atoms with Crippen LogP contribution in [0.15, 0.2) is 0 Å². The Hall–Kier alpha value is -0.520. The van der Waals surface area contributed by atoms with Crippen molar-refractivity contribution in [2.75, 3.05) is 0 Å². The van der Waals surface area contributed by atoms with Gasteiger partial charge in [0.15, 0.2) is 0 Å². The Labute approximate surface area is 176 Å². The molecule has 0 aromatic carbocycles. The highest BCUT2D eigenvalue weighted by molar-refractivity contribution is 5.11. The molecule has 2 N–H and O–H groups in total. The van der Waals surface area contributed by atoms with E-state index in [1.54, 1.807) is 0 Å². The van der Waals surface area contributed by atoms with Crippen molar-refractivity contribution in [1.82, 2.24) is 0 Å². The third-order valence-electron chi connectivity index (χ3n) is 5.67. The summed E-state index contributed by atoms with van der Waals surface area (Å²) >= 11 is 0. The maximum absolute atomic E-state index is 9.97. The highest BCUT2D eigenvalue weighted by Crippen LogP contribution is 2.19. The second-order valence-electron chi connectivity index (χ2n) is 8.71. The minimum absolute atomic E-state index is 0.323. The van der Waals surface area contributed by atoms with Gasteiger partial charge in [0.1, 0.15) is 0 Å². The van der Waals surface area contributed by atoms with E-state index >= 15 is 0 Å². The van der Waals surface area contributed by atoms with Crippen molar-refractivity contribution in [3.8, 4) is 11.8 Å². The third kappa shape index (κ3) is 18.8. The van der Waals surface area contributed by atoms with Crippen molar-refractivity contribution in [1.29, 1.82) is 0 Å². The van der Waals surface area contributed by atoms with Gasteiger partial charge in [0.25, 0.3) is 0 Å². The van der Waals surface area contributed by atoms with Gasteiger partial charge in [-0.25, -0.2) is 0 Å². The molecule has 0 amide bonds. The fourth-order valence-corrected chi connectivity index (χ4v) is 3.67. The molecule has 0 aliphatic rings. The van der Waals surface area contributed by atoms with Gasteiger partial charge in [-0.1, -0.05) is 123 Å². The fourth-order valence-electron chi connectivity index (χ4n) is 3.67. The van der Waals surface area contributed by atoms with Crippen LogP contribution >= 0.6 is 0 Å². The van der Waals surface area contributed by atoms with E-state index in [0.29, 0.717) is 12.3 Å². The monoisotopic (exact) mass is 394 g/mol. The van der Waals surface area contributed by atoms with Gasteiger partial charge in [-0.15, -0.1) is 0 Å². The summed E-state index contributed by atoms with van der Waals surface area (Å²) in [6.45, 7) is 6.54. The number of hydrogen-bond acceptors (Lipinski definition) is 2. The summed E-state index contributed by atoms with van der Waals surface area (Å²) < 4.78 is 0. The molecule has 0 rings (SSSR count). The van der Waals surface area contributed by atoms with Crippen molar-refractivity contribution in [2.24, 2.45) is 5.92 Å².